The van der Waals surface area contributed by atoms with Crippen LogP contribution < -0.4 is 0 Å². The standard InChI is InChI=1S/C30H52O6/c1-4-7-9-11-12-13-14-15-16-17-19-23-34-28(32)26-21-20-22-30(25-26,36-27(31)6-3)29(33)35-24-18-10-8-5-2/h6,26H,3-5,7-25H2,1-2H3. The molecule has 1 saturated carbocycles. The summed E-state index contributed by atoms with van der Waals surface area (Å²) in [5.41, 5.74) is -1.44. The highest BCUT2D eigenvalue weighted by Crippen LogP contribution is 2.37. The van der Waals surface area contributed by atoms with Gasteiger partial charge in [-0.25, -0.2) is 9.59 Å². The molecule has 2 atom stereocenters. The molecule has 1 fully saturated rings. The molecule has 0 amide bonds. The van der Waals surface area contributed by atoms with Gasteiger partial charge in [-0.05, 0) is 32.1 Å². The monoisotopic (exact) mass is 508 g/mol. The van der Waals surface area contributed by atoms with Crippen LogP contribution in [-0.4, -0.2) is 36.7 Å². The zero-order valence-electron chi connectivity index (χ0n) is 23.2. The summed E-state index contributed by atoms with van der Waals surface area (Å²) in [7, 11) is 0. The second kappa shape index (κ2) is 20.2. The minimum Gasteiger partial charge on any atom is -0.465 e. The molecule has 6 heteroatoms. The molecule has 36 heavy (non-hydrogen) atoms. The molecule has 208 valence electrons. The van der Waals surface area contributed by atoms with Crippen molar-refractivity contribution in [3.8, 4) is 0 Å². The average Bonchev–Trinajstić information content (AvgIpc) is 2.88. The summed E-state index contributed by atoms with van der Waals surface area (Å²) in [5.74, 6) is -2.02. The minimum absolute atomic E-state index is 0.109. The van der Waals surface area contributed by atoms with Crippen molar-refractivity contribution in [2.45, 2.75) is 141 Å². The predicted octanol–water partition coefficient (Wildman–Crippen LogP) is 7.62. The number of carbonyl (C=O) groups excluding carboxylic acids is 3. The normalized spacial score (nSPS) is 19.4. The highest BCUT2D eigenvalue weighted by Gasteiger charge is 2.49. The highest BCUT2D eigenvalue weighted by molar-refractivity contribution is 5.88. The Labute approximate surface area is 219 Å². The predicted molar refractivity (Wildman–Crippen MR) is 143 cm³/mol. The van der Waals surface area contributed by atoms with Crippen LogP contribution in [0.15, 0.2) is 12.7 Å². The Morgan fingerprint density at radius 1 is 0.778 bits per heavy atom. The molecular formula is C30H52O6. The van der Waals surface area contributed by atoms with Crippen LogP contribution in [0.2, 0.25) is 0 Å². The third kappa shape index (κ3) is 13.5. The van der Waals surface area contributed by atoms with E-state index in [1.54, 1.807) is 0 Å². The third-order valence-electron chi connectivity index (χ3n) is 7.10. The van der Waals surface area contributed by atoms with Crippen molar-refractivity contribution < 1.29 is 28.6 Å². The first-order chi connectivity index (χ1) is 17.5. The zero-order chi connectivity index (χ0) is 26.5. The molecule has 0 aromatic heterocycles. The van der Waals surface area contributed by atoms with Gasteiger partial charge in [0, 0.05) is 12.5 Å². The van der Waals surface area contributed by atoms with Gasteiger partial charge in [-0.3, -0.25) is 4.79 Å². The van der Waals surface area contributed by atoms with E-state index in [1.807, 2.05) is 0 Å². The third-order valence-corrected chi connectivity index (χ3v) is 7.10. The van der Waals surface area contributed by atoms with E-state index in [9.17, 15) is 14.4 Å². The topological polar surface area (TPSA) is 78.9 Å². The Kier molecular flexibility index (Phi) is 18.1. The first-order valence-electron chi connectivity index (χ1n) is 14.7. The lowest BCUT2D eigenvalue weighted by atomic mass is 9.77. The summed E-state index contributed by atoms with van der Waals surface area (Å²) in [4.78, 5) is 37.7. The summed E-state index contributed by atoms with van der Waals surface area (Å²) in [5, 5.41) is 0. The van der Waals surface area contributed by atoms with Crippen molar-refractivity contribution >= 4 is 17.9 Å². The van der Waals surface area contributed by atoms with Gasteiger partial charge in [-0.1, -0.05) is 104 Å². The molecule has 6 nitrogen and oxygen atoms in total. The number of unbranched alkanes of at least 4 members (excludes halogenated alkanes) is 13. The summed E-state index contributed by atoms with van der Waals surface area (Å²) >= 11 is 0. The van der Waals surface area contributed by atoms with Crippen molar-refractivity contribution in [3.05, 3.63) is 12.7 Å². The van der Waals surface area contributed by atoms with Crippen molar-refractivity contribution in [2.75, 3.05) is 13.2 Å². The van der Waals surface area contributed by atoms with E-state index in [2.05, 4.69) is 20.4 Å². The highest BCUT2D eigenvalue weighted by atomic mass is 16.6. The van der Waals surface area contributed by atoms with E-state index in [-0.39, 0.29) is 12.4 Å². The van der Waals surface area contributed by atoms with Gasteiger partial charge in [-0.15, -0.1) is 0 Å². The van der Waals surface area contributed by atoms with Crippen molar-refractivity contribution in [1.82, 2.24) is 0 Å². The first kappa shape index (κ1) is 32.2. The van der Waals surface area contributed by atoms with E-state index in [4.69, 9.17) is 14.2 Å². The Balaban J connectivity index is 2.38. The van der Waals surface area contributed by atoms with Gasteiger partial charge in [0.1, 0.15) is 0 Å². The molecule has 0 heterocycles. The number of esters is 3. The van der Waals surface area contributed by atoms with Crippen LogP contribution in [0, 0.1) is 5.92 Å². The number of carbonyl (C=O) groups is 3. The maximum absolute atomic E-state index is 13.0. The lowest BCUT2D eigenvalue weighted by Crippen LogP contribution is -2.49. The van der Waals surface area contributed by atoms with Crippen LogP contribution in [-0.2, 0) is 28.6 Å². The fourth-order valence-corrected chi connectivity index (χ4v) is 4.87. The quantitative estimate of drug-likeness (QED) is 0.0686. The molecule has 2 unspecified atom stereocenters. The molecule has 0 aromatic carbocycles. The van der Waals surface area contributed by atoms with Gasteiger partial charge in [0.05, 0.1) is 19.1 Å². The Hall–Kier alpha value is -1.85. The van der Waals surface area contributed by atoms with Crippen molar-refractivity contribution in [2.24, 2.45) is 5.92 Å². The van der Waals surface area contributed by atoms with Gasteiger partial charge >= 0.3 is 17.9 Å². The second-order valence-corrected chi connectivity index (χ2v) is 10.3. The Morgan fingerprint density at radius 3 is 1.83 bits per heavy atom. The maximum Gasteiger partial charge on any atom is 0.350 e. The van der Waals surface area contributed by atoms with Crippen molar-refractivity contribution in [1.29, 1.82) is 0 Å². The Bertz CT molecular complexity index is 631. The van der Waals surface area contributed by atoms with E-state index in [0.717, 1.165) is 44.6 Å². The molecule has 0 N–H and O–H groups in total. The smallest absolute Gasteiger partial charge is 0.350 e. The number of hydrogen-bond donors (Lipinski definition) is 0. The summed E-state index contributed by atoms with van der Waals surface area (Å²) < 4.78 is 16.5. The second-order valence-electron chi connectivity index (χ2n) is 10.3. The van der Waals surface area contributed by atoms with Crippen LogP contribution >= 0.6 is 0 Å². The largest absolute Gasteiger partial charge is 0.465 e. The lowest BCUT2D eigenvalue weighted by Gasteiger charge is -2.37. The fraction of sp³-hybridized carbons (Fsp3) is 0.833. The van der Waals surface area contributed by atoms with Gasteiger partial charge < -0.3 is 14.2 Å². The summed E-state index contributed by atoms with van der Waals surface area (Å²) in [6.45, 7) is 8.50. The Morgan fingerprint density at radius 2 is 1.28 bits per heavy atom. The molecule has 0 spiro atoms. The number of hydrogen-bond acceptors (Lipinski definition) is 6. The van der Waals surface area contributed by atoms with Crippen LogP contribution in [0.5, 0.6) is 0 Å². The summed E-state index contributed by atoms with van der Waals surface area (Å²) in [6, 6.07) is 0. The minimum atomic E-state index is -1.44. The molecule has 0 bridgehead atoms. The van der Waals surface area contributed by atoms with Gasteiger partial charge in [0.2, 0.25) is 5.60 Å². The summed E-state index contributed by atoms with van der Waals surface area (Å²) in [6.07, 6.45) is 20.3. The van der Waals surface area contributed by atoms with E-state index < -0.39 is 23.5 Å². The van der Waals surface area contributed by atoms with E-state index >= 15 is 0 Å². The van der Waals surface area contributed by atoms with Gasteiger partial charge in [0.25, 0.3) is 0 Å². The van der Waals surface area contributed by atoms with Gasteiger partial charge in [0.15, 0.2) is 0 Å². The molecule has 1 rings (SSSR count). The SMILES string of the molecule is C=CC(=O)OC1(C(=O)OCCCCCC)CCCC(C(=O)OCCCCCCCCCCCCC)C1. The molecule has 0 aliphatic heterocycles. The number of ether oxygens (including phenoxy) is 3. The maximum atomic E-state index is 13.0. The molecular weight excluding hydrogens is 456 g/mol. The van der Waals surface area contributed by atoms with Crippen LogP contribution in [0.4, 0.5) is 0 Å². The first-order valence-corrected chi connectivity index (χ1v) is 14.7. The zero-order valence-corrected chi connectivity index (χ0v) is 23.2. The van der Waals surface area contributed by atoms with E-state index in [0.29, 0.717) is 32.5 Å². The lowest BCUT2D eigenvalue weighted by molar-refractivity contribution is -0.188. The van der Waals surface area contributed by atoms with Gasteiger partial charge in [-0.2, -0.15) is 0 Å². The van der Waals surface area contributed by atoms with Crippen LogP contribution in [0.1, 0.15) is 136 Å². The molecule has 0 aromatic rings. The molecule has 0 saturated heterocycles. The molecule has 1 aliphatic rings. The molecule has 1 aliphatic carbocycles. The van der Waals surface area contributed by atoms with Crippen LogP contribution in [0.3, 0.4) is 0 Å². The fourth-order valence-electron chi connectivity index (χ4n) is 4.87. The number of rotatable bonds is 21. The van der Waals surface area contributed by atoms with Crippen molar-refractivity contribution in [3.63, 3.8) is 0 Å². The molecule has 0 radical (unpaired) electrons. The van der Waals surface area contributed by atoms with Crippen LogP contribution in [0.25, 0.3) is 0 Å². The van der Waals surface area contributed by atoms with E-state index in [1.165, 1.54) is 57.8 Å². The average molecular weight is 509 g/mol.